The summed E-state index contributed by atoms with van der Waals surface area (Å²) in [6.45, 7) is 0. The van der Waals surface area contributed by atoms with Crippen LogP contribution in [0.1, 0.15) is 15.9 Å². The third-order valence-electron chi connectivity index (χ3n) is 3.92. The standard InChI is InChI=1S/C18H11F4N5OS2/c19-12-5-1-10(2-6-12)14(28)9-29-16-24-25-17-27(16)26-15(30-17)23-13-7-3-11(4-8-13)18(20,21)22/h1-8H,9H2,(H,23,26). The van der Waals surface area contributed by atoms with E-state index in [1.165, 1.54) is 40.9 Å². The van der Waals surface area contributed by atoms with Crippen LogP contribution >= 0.6 is 23.1 Å². The highest BCUT2D eigenvalue weighted by atomic mass is 32.2. The number of anilines is 2. The normalized spacial score (nSPS) is 11.7. The predicted octanol–water partition coefficient (Wildman–Crippen LogP) is 5.06. The van der Waals surface area contributed by atoms with Gasteiger partial charge in [0.2, 0.25) is 15.2 Å². The summed E-state index contributed by atoms with van der Waals surface area (Å²) in [7, 11) is 0. The minimum absolute atomic E-state index is 0.0611. The van der Waals surface area contributed by atoms with Gasteiger partial charge >= 0.3 is 6.18 Å². The van der Waals surface area contributed by atoms with Crippen molar-refractivity contribution in [1.29, 1.82) is 0 Å². The molecule has 2 aromatic carbocycles. The molecule has 0 amide bonds. The Morgan fingerprint density at radius 3 is 2.43 bits per heavy atom. The van der Waals surface area contributed by atoms with Crippen molar-refractivity contribution in [2.75, 3.05) is 11.1 Å². The number of fused-ring (bicyclic) bond motifs is 1. The predicted molar refractivity (Wildman–Crippen MR) is 105 cm³/mol. The first kappa shape index (κ1) is 20.3. The van der Waals surface area contributed by atoms with E-state index in [0.717, 1.165) is 35.2 Å². The van der Waals surface area contributed by atoms with Crippen molar-refractivity contribution < 1.29 is 22.4 Å². The second-order valence-electron chi connectivity index (χ2n) is 6.00. The van der Waals surface area contributed by atoms with Crippen LogP contribution in [0.3, 0.4) is 0 Å². The molecule has 2 aromatic heterocycles. The highest BCUT2D eigenvalue weighted by Gasteiger charge is 2.30. The molecule has 1 N–H and O–H groups in total. The molecule has 0 spiro atoms. The summed E-state index contributed by atoms with van der Waals surface area (Å²) in [6, 6.07) is 9.82. The van der Waals surface area contributed by atoms with Gasteiger partial charge in [-0.2, -0.15) is 17.7 Å². The van der Waals surface area contributed by atoms with Crippen LogP contribution in [-0.4, -0.2) is 31.3 Å². The van der Waals surface area contributed by atoms with E-state index in [1.54, 1.807) is 0 Å². The lowest BCUT2D eigenvalue weighted by Crippen LogP contribution is -2.04. The number of aromatic nitrogens is 4. The van der Waals surface area contributed by atoms with Gasteiger partial charge in [-0.05, 0) is 48.5 Å². The number of ketones is 1. The summed E-state index contributed by atoms with van der Waals surface area (Å²) < 4.78 is 52.4. The maximum atomic E-state index is 13.0. The Hall–Kier alpha value is -2.99. The zero-order valence-electron chi connectivity index (χ0n) is 14.9. The fourth-order valence-electron chi connectivity index (χ4n) is 2.45. The Balaban J connectivity index is 1.44. The molecule has 0 fully saturated rings. The minimum atomic E-state index is -4.40. The van der Waals surface area contributed by atoms with Gasteiger partial charge in [0, 0.05) is 11.3 Å². The van der Waals surface area contributed by atoms with Crippen molar-refractivity contribution in [3.63, 3.8) is 0 Å². The van der Waals surface area contributed by atoms with Crippen LogP contribution in [0.4, 0.5) is 28.4 Å². The van der Waals surface area contributed by atoms with Crippen molar-refractivity contribution in [3.05, 3.63) is 65.5 Å². The Kier molecular flexibility index (Phi) is 5.43. The zero-order valence-corrected chi connectivity index (χ0v) is 16.5. The van der Waals surface area contributed by atoms with Crippen LogP contribution in [-0.2, 0) is 6.18 Å². The highest BCUT2D eigenvalue weighted by Crippen LogP contribution is 2.31. The van der Waals surface area contributed by atoms with Gasteiger partial charge in [-0.3, -0.25) is 4.79 Å². The largest absolute Gasteiger partial charge is 0.416 e. The van der Waals surface area contributed by atoms with Crippen molar-refractivity contribution >= 4 is 44.7 Å². The second-order valence-corrected chi connectivity index (χ2v) is 7.90. The van der Waals surface area contributed by atoms with Crippen LogP contribution in [0.15, 0.2) is 53.7 Å². The molecule has 0 atom stereocenters. The first-order valence-corrected chi connectivity index (χ1v) is 10.2. The van der Waals surface area contributed by atoms with Crippen molar-refractivity contribution in [2.45, 2.75) is 11.3 Å². The van der Waals surface area contributed by atoms with Gasteiger partial charge in [0.25, 0.3) is 0 Å². The van der Waals surface area contributed by atoms with Crippen LogP contribution in [0.2, 0.25) is 0 Å². The average Bonchev–Trinajstić information content (AvgIpc) is 3.27. The van der Waals surface area contributed by atoms with Crippen LogP contribution in [0.5, 0.6) is 0 Å². The molecule has 0 bridgehead atoms. The molecule has 2 heterocycles. The monoisotopic (exact) mass is 453 g/mol. The van der Waals surface area contributed by atoms with Crippen molar-refractivity contribution in [3.8, 4) is 0 Å². The number of alkyl halides is 3. The fourth-order valence-corrected chi connectivity index (χ4v) is 4.05. The van der Waals surface area contributed by atoms with Crippen LogP contribution in [0.25, 0.3) is 4.96 Å². The first-order valence-electron chi connectivity index (χ1n) is 8.38. The smallest absolute Gasteiger partial charge is 0.330 e. The summed E-state index contributed by atoms with van der Waals surface area (Å²) in [5.74, 6) is -0.560. The van der Waals surface area contributed by atoms with Gasteiger partial charge in [-0.25, -0.2) is 4.39 Å². The molecule has 0 aliphatic rings. The molecule has 0 saturated heterocycles. The van der Waals surface area contributed by atoms with Crippen molar-refractivity contribution in [2.24, 2.45) is 0 Å². The lowest BCUT2D eigenvalue weighted by molar-refractivity contribution is -0.137. The topological polar surface area (TPSA) is 72.2 Å². The van der Waals surface area contributed by atoms with E-state index in [0.29, 0.717) is 26.5 Å². The number of hydrogen-bond donors (Lipinski definition) is 1. The number of rotatable bonds is 6. The molecule has 12 heteroatoms. The number of carbonyl (C=O) groups is 1. The van der Waals surface area contributed by atoms with E-state index in [4.69, 9.17) is 0 Å². The maximum Gasteiger partial charge on any atom is 0.416 e. The number of benzene rings is 2. The summed E-state index contributed by atoms with van der Waals surface area (Å²) >= 11 is 2.29. The highest BCUT2D eigenvalue weighted by molar-refractivity contribution is 7.99. The Bertz CT molecular complexity index is 1190. The SMILES string of the molecule is O=C(CSc1nnc2sc(Nc3ccc(C(F)(F)F)cc3)nn12)c1ccc(F)cc1. The molecule has 4 rings (SSSR count). The van der Waals surface area contributed by atoms with Gasteiger partial charge in [0.15, 0.2) is 5.78 Å². The molecule has 4 aromatic rings. The summed E-state index contributed by atoms with van der Waals surface area (Å²) in [4.78, 5) is 12.7. The molecule has 30 heavy (non-hydrogen) atoms. The Morgan fingerprint density at radius 2 is 1.77 bits per heavy atom. The number of nitrogens with one attached hydrogen (secondary N) is 1. The van der Waals surface area contributed by atoms with E-state index in [9.17, 15) is 22.4 Å². The van der Waals surface area contributed by atoms with Gasteiger partial charge in [0.1, 0.15) is 5.82 Å². The van der Waals surface area contributed by atoms with Gasteiger partial charge in [-0.1, -0.05) is 23.1 Å². The third-order valence-corrected chi connectivity index (χ3v) is 5.66. The van der Waals surface area contributed by atoms with Crippen LogP contribution < -0.4 is 5.32 Å². The maximum absolute atomic E-state index is 13.0. The summed E-state index contributed by atoms with van der Waals surface area (Å²) in [5, 5.41) is 16.0. The van der Waals surface area contributed by atoms with Gasteiger partial charge in [-0.15, -0.1) is 15.3 Å². The van der Waals surface area contributed by atoms with Gasteiger partial charge < -0.3 is 5.32 Å². The van der Waals surface area contributed by atoms with E-state index in [1.807, 2.05) is 0 Å². The number of halogens is 4. The number of hydrogen-bond acceptors (Lipinski definition) is 7. The molecule has 0 aliphatic heterocycles. The fraction of sp³-hybridized carbons (Fsp3) is 0.111. The lowest BCUT2D eigenvalue weighted by Gasteiger charge is -2.07. The molecular formula is C18H11F4N5OS2. The molecule has 0 saturated carbocycles. The summed E-state index contributed by atoms with van der Waals surface area (Å²) in [5.41, 5.74) is 0.0805. The second kappa shape index (κ2) is 8.03. The number of thioether (sulfide) groups is 1. The molecule has 154 valence electrons. The first-order chi connectivity index (χ1) is 14.3. The van der Waals surface area contributed by atoms with E-state index >= 15 is 0 Å². The Labute approximate surface area is 174 Å². The average molecular weight is 453 g/mol. The molecule has 0 radical (unpaired) electrons. The lowest BCUT2D eigenvalue weighted by atomic mass is 10.1. The molecule has 0 aliphatic carbocycles. The zero-order chi connectivity index (χ0) is 21.3. The number of carbonyl (C=O) groups excluding carboxylic acids is 1. The Morgan fingerprint density at radius 1 is 1.07 bits per heavy atom. The molecular weight excluding hydrogens is 442 g/mol. The summed E-state index contributed by atoms with van der Waals surface area (Å²) in [6.07, 6.45) is -4.40. The number of Topliss-reactive ketones (excluding diaryl/α,β-unsaturated/α-hetero) is 1. The third kappa shape index (κ3) is 4.44. The van der Waals surface area contributed by atoms with E-state index in [2.05, 4.69) is 20.6 Å². The van der Waals surface area contributed by atoms with E-state index in [-0.39, 0.29) is 11.5 Å². The van der Waals surface area contributed by atoms with E-state index < -0.39 is 17.6 Å². The minimum Gasteiger partial charge on any atom is -0.330 e. The van der Waals surface area contributed by atoms with Crippen LogP contribution in [0, 0.1) is 5.82 Å². The molecule has 6 nitrogen and oxygen atoms in total. The van der Waals surface area contributed by atoms with Crippen molar-refractivity contribution in [1.82, 2.24) is 19.8 Å². The quantitative estimate of drug-likeness (QED) is 0.250. The van der Waals surface area contributed by atoms with Gasteiger partial charge in [0.05, 0.1) is 11.3 Å². The molecule has 0 unspecified atom stereocenters. The number of nitrogens with zero attached hydrogens (tertiary/aromatic N) is 4.